The van der Waals surface area contributed by atoms with Gasteiger partial charge in [-0.2, -0.15) is 4.98 Å². The molecule has 0 aliphatic carbocycles. The Labute approximate surface area is 168 Å². The van der Waals surface area contributed by atoms with Gasteiger partial charge in [-0.3, -0.25) is 4.99 Å². The van der Waals surface area contributed by atoms with Crippen LogP contribution in [0.15, 0.2) is 58.5 Å². The van der Waals surface area contributed by atoms with Crippen LogP contribution in [-0.4, -0.2) is 21.9 Å². The largest absolute Gasteiger partial charge is 0.383 e. The minimum atomic E-state index is -0.0715. The molecule has 28 heavy (non-hydrogen) atoms. The molecule has 0 spiro atoms. The number of thioether (sulfide) groups is 1. The number of hydrogen-bond acceptors (Lipinski definition) is 7. The number of aromatic nitrogens is 2. The van der Waals surface area contributed by atoms with Crippen LogP contribution >= 0.6 is 11.8 Å². The van der Waals surface area contributed by atoms with Gasteiger partial charge in [0.2, 0.25) is 5.95 Å². The Kier molecular flexibility index (Phi) is 4.92. The highest BCUT2D eigenvalue weighted by Crippen LogP contribution is 2.27. The van der Waals surface area contributed by atoms with Crippen LogP contribution in [0, 0.1) is 13.8 Å². The van der Waals surface area contributed by atoms with Crippen LogP contribution in [0.4, 0.5) is 17.5 Å². The van der Waals surface area contributed by atoms with Gasteiger partial charge in [-0.15, -0.1) is 11.8 Å². The zero-order valence-electron chi connectivity index (χ0n) is 15.8. The number of nitrogens with two attached hydrogens (primary N) is 2. The smallest absolute Gasteiger partial charge is 0.223 e. The Morgan fingerprint density at radius 2 is 1.79 bits per heavy atom. The first-order valence-electron chi connectivity index (χ1n) is 9.03. The van der Waals surface area contributed by atoms with Crippen molar-refractivity contribution in [2.24, 2.45) is 4.99 Å². The van der Waals surface area contributed by atoms with Gasteiger partial charge in [0.15, 0.2) is 0 Å². The van der Waals surface area contributed by atoms with Gasteiger partial charge in [0.1, 0.15) is 17.0 Å². The number of para-hydroxylation sites is 1. The molecule has 142 valence electrons. The second-order valence-corrected chi connectivity index (χ2v) is 7.78. The SMILES string of the molecule is Cc1ccccc1N1C=c2c(C)cccc2=NC1CSc1cc(N)nc(N)n1. The average Bonchev–Trinajstić information content (AvgIpc) is 2.66. The molecule has 0 bridgehead atoms. The van der Waals surface area contributed by atoms with Gasteiger partial charge in [0, 0.05) is 28.9 Å². The highest BCUT2D eigenvalue weighted by molar-refractivity contribution is 7.99. The molecule has 2 heterocycles. The van der Waals surface area contributed by atoms with Crippen molar-refractivity contribution >= 4 is 35.4 Å². The highest BCUT2D eigenvalue weighted by Gasteiger charge is 2.21. The lowest BCUT2D eigenvalue weighted by atomic mass is 10.1. The number of fused-ring (bicyclic) bond motifs is 1. The van der Waals surface area contributed by atoms with E-state index in [1.54, 1.807) is 17.8 Å². The Morgan fingerprint density at radius 3 is 2.57 bits per heavy atom. The van der Waals surface area contributed by atoms with E-state index in [0.29, 0.717) is 11.6 Å². The fraction of sp³-hybridized carbons (Fsp3) is 0.190. The maximum Gasteiger partial charge on any atom is 0.223 e. The summed E-state index contributed by atoms with van der Waals surface area (Å²) < 4.78 is 0. The maximum atomic E-state index is 5.80. The summed E-state index contributed by atoms with van der Waals surface area (Å²) >= 11 is 1.57. The van der Waals surface area contributed by atoms with Crippen LogP contribution < -0.4 is 26.9 Å². The fourth-order valence-corrected chi connectivity index (χ4v) is 4.21. The molecule has 0 fully saturated rings. The van der Waals surface area contributed by atoms with Gasteiger partial charge >= 0.3 is 0 Å². The minimum absolute atomic E-state index is 0.0715. The molecule has 0 saturated carbocycles. The number of aryl methyl sites for hydroxylation is 2. The van der Waals surface area contributed by atoms with Crippen LogP contribution in [-0.2, 0) is 0 Å². The molecule has 0 amide bonds. The predicted octanol–water partition coefficient (Wildman–Crippen LogP) is 2.25. The lowest BCUT2D eigenvalue weighted by molar-refractivity contribution is 0.736. The molecule has 0 radical (unpaired) electrons. The zero-order valence-corrected chi connectivity index (χ0v) is 16.6. The summed E-state index contributed by atoms with van der Waals surface area (Å²) in [6, 6.07) is 16.3. The second-order valence-electron chi connectivity index (χ2n) is 6.74. The average molecular weight is 391 g/mol. The normalized spacial score (nSPS) is 15.5. The number of benzene rings is 2. The van der Waals surface area contributed by atoms with E-state index in [1.807, 2.05) is 6.07 Å². The summed E-state index contributed by atoms with van der Waals surface area (Å²) in [5.41, 5.74) is 15.1. The highest BCUT2D eigenvalue weighted by atomic mass is 32.2. The Morgan fingerprint density at radius 1 is 1.00 bits per heavy atom. The molecule has 4 rings (SSSR count). The van der Waals surface area contributed by atoms with E-state index < -0.39 is 0 Å². The third kappa shape index (κ3) is 3.66. The molecule has 1 aromatic heterocycles. The van der Waals surface area contributed by atoms with E-state index in [1.165, 1.54) is 11.1 Å². The van der Waals surface area contributed by atoms with E-state index in [-0.39, 0.29) is 12.1 Å². The van der Waals surface area contributed by atoms with Gasteiger partial charge in [-0.05, 0) is 37.1 Å². The first kappa shape index (κ1) is 18.3. The van der Waals surface area contributed by atoms with Crippen LogP contribution in [0.2, 0.25) is 0 Å². The molecule has 6 nitrogen and oxygen atoms in total. The van der Waals surface area contributed by atoms with Crippen LogP contribution in [0.3, 0.4) is 0 Å². The monoisotopic (exact) mass is 390 g/mol. The van der Waals surface area contributed by atoms with Gasteiger partial charge in [-0.1, -0.05) is 30.3 Å². The standard InChI is InChI=1S/C21H22N6S/c1-13-7-5-8-16-15(13)11-27(17-9-4-3-6-14(17)2)19(24-16)12-28-20-10-18(22)25-21(23)26-20/h3-11,19H,12H2,1-2H3,(H4,22,23,25,26). The zero-order chi connectivity index (χ0) is 19.7. The summed E-state index contributed by atoms with van der Waals surface area (Å²) in [7, 11) is 0. The van der Waals surface area contributed by atoms with Crippen molar-refractivity contribution in [3.05, 3.63) is 70.2 Å². The molecule has 7 heteroatoms. The third-order valence-corrected chi connectivity index (χ3v) is 5.66. The van der Waals surface area contributed by atoms with E-state index in [2.05, 4.69) is 71.3 Å². The quantitative estimate of drug-likeness (QED) is 0.524. The number of hydrogen-bond donors (Lipinski definition) is 2. The summed E-state index contributed by atoms with van der Waals surface area (Å²) in [6.07, 6.45) is 2.13. The number of rotatable bonds is 4. The summed E-state index contributed by atoms with van der Waals surface area (Å²) in [5.74, 6) is 1.26. The van der Waals surface area contributed by atoms with Crippen molar-refractivity contribution in [3.8, 4) is 0 Å². The summed E-state index contributed by atoms with van der Waals surface area (Å²) in [6.45, 7) is 4.23. The molecule has 2 aromatic carbocycles. The van der Waals surface area contributed by atoms with Crippen molar-refractivity contribution < 1.29 is 0 Å². The van der Waals surface area contributed by atoms with Crippen LogP contribution in [0.1, 0.15) is 11.1 Å². The first-order chi connectivity index (χ1) is 13.5. The summed E-state index contributed by atoms with van der Waals surface area (Å²) in [4.78, 5) is 15.5. The molecule has 3 aromatic rings. The Balaban J connectivity index is 1.73. The van der Waals surface area contributed by atoms with Crippen LogP contribution in [0.5, 0.6) is 0 Å². The van der Waals surface area contributed by atoms with E-state index in [0.717, 1.165) is 21.3 Å². The lowest BCUT2D eigenvalue weighted by Crippen LogP contribution is -2.44. The molecule has 0 saturated heterocycles. The molecule has 1 aliphatic rings. The van der Waals surface area contributed by atoms with Gasteiger partial charge < -0.3 is 16.4 Å². The van der Waals surface area contributed by atoms with Crippen molar-refractivity contribution in [2.45, 2.75) is 25.0 Å². The summed E-state index contributed by atoms with van der Waals surface area (Å²) in [5, 5.41) is 2.92. The van der Waals surface area contributed by atoms with Gasteiger partial charge in [0.05, 0.1) is 5.36 Å². The van der Waals surface area contributed by atoms with Crippen molar-refractivity contribution in [1.82, 2.24) is 9.97 Å². The van der Waals surface area contributed by atoms with Crippen molar-refractivity contribution in [3.63, 3.8) is 0 Å². The predicted molar refractivity (Wildman–Crippen MR) is 115 cm³/mol. The first-order valence-corrected chi connectivity index (χ1v) is 10.0. The molecule has 1 atom stereocenters. The topological polar surface area (TPSA) is 93.4 Å². The van der Waals surface area contributed by atoms with E-state index in [9.17, 15) is 0 Å². The Hall–Kier alpha value is -3.06. The van der Waals surface area contributed by atoms with E-state index >= 15 is 0 Å². The number of nitrogens with zero attached hydrogens (tertiary/aromatic N) is 4. The molecule has 4 N–H and O–H groups in total. The maximum absolute atomic E-state index is 5.80. The number of anilines is 3. The molecular formula is C21H22N6S. The lowest BCUT2D eigenvalue weighted by Gasteiger charge is -2.31. The molecule has 1 unspecified atom stereocenters. The number of nitrogen functional groups attached to an aromatic ring is 2. The molecule has 1 aliphatic heterocycles. The second kappa shape index (κ2) is 7.52. The van der Waals surface area contributed by atoms with Crippen molar-refractivity contribution in [1.29, 1.82) is 0 Å². The van der Waals surface area contributed by atoms with Crippen molar-refractivity contribution in [2.75, 3.05) is 22.1 Å². The Bertz CT molecular complexity index is 1120. The third-order valence-electron chi connectivity index (χ3n) is 4.69. The fourth-order valence-electron chi connectivity index (χ4n) is 3.29. The molecular weight excluding hydrogens is 368 g/mol. The van der Waals surface area contributed by atoms with Crippen LogP contribution in [0.25, 0.3) is 6.20 Å². The van der Waals surface area contributed by atoms with E-state index in [4.69, 9.17) is 16.5 Å². The van der Waals surface area contributed by atoms with Gasteiger partial charge in [0.25, 0.3) is 0 Å². The van der Waals surface area contributed by atoms with Gasteiger partial charge in [-0.25, -0.2) is 4.98 Å². The minimum Gasteiger partial charge on any atom is -0.383 e.